The second kappa shape index (κ2) is 6.46. The predicted molar refractivity (Wildman–Crippen MR) is 89.4 cm³/mol. The first-order chi connectivity index (χ1) is 10.3. The van der Waals surface area contributed by atoms with Gasteiger partial charge in [0.15, 0.2) is 0 Å². The number of hydrogen-bond acceptors (Lipinski definition) is 4. The van der Waals surface area contributed by atoms with Gasteiger partial charge in [-0.3, -0.25) is 4.79 Å². The number of nitriles is 1. The molecule has 112 valence electrons. The van der Waals surface area contributed by atoms with Crippen molar-refractivity contribution in [1.82, 2.24) is 9.78 Å². The minimum atomic E-state index is -0.538. The number of phenolic OH excluding ortho intramolecular Hbond substituents is 1. The molecule has 2 rings (SSSR count). The highest BCUT2D eigenvalue weighted by molar-refractivity contribution is 9.11. The minimum absolute atomic E-state index is 0.0443. The van der Waals surface area contributed by atoms with Crippen molar-refractivity contribution >= 4 is 43.8 Å². The molecule has 0 radical (unpaired) electrons. The highest BCUT2D eigenvalue weighted by Gasteiger charge is 2.17. The van der Waals surface area contributed by atoms with E-state index < -0.39 is 5.91 Å². The van der Waals surface area contributed by atoms with Crippen LogP contribution in [0.1, 0.15) is 21.7 Å². The fourth-order valence-corrected chi connectivity index (χ4v) is 3.20. The molecule has 5 nitrogen and oxygen atoms in total. The van der Waals surface area contributed by atoms with Crippen LogP contribution in [0.3, 0.4) is 0 Å². The van der Waals surface area contributed by atoms with Gasteiger partial charge in [0.25, 0.3) is 5.91 Å². The average molecular weight is 425 g/mol. The van der Waals surface area contributed by atoms with E-state index in [0.29, 0.717) is 25.9 Å². The summed E-state index contributed by atoms with van der Waals surface area (Å²) in [6.45, 7) is 3.50. The topological polar surface area (TPSA) is 78.9 Å². The molecule has 1 aromatic heterocycles. The van der Waals surface area contributed by atoms with E-state index in [1.54, 1.807) is 32.0 Å². The highest BCUT2D eigenvalue weighted by Crippen LogP contribution is 2.33. The van der Waals surface area contributed by atoms with Crippen molar-refractivity contribution in [3.05, 3.63) is 49.7 Å². The lowest BCUT2D eigenvalue weighted by Gasteiger charge is -2.05. The van der Waals surface area contributed by atoms with Crippen LogP contribution in [0.15, 0.2) is 32.7 Å². The Morgan fingerprint density at radius 3 is 2.59 bits per heavy atom. The third-order valence-corrected chi connectivity index (χ3v) is 3.97. The maximum Gasteiger partial charge on any atom is 0.289 e. The van der Waals surface area contributed by atoms with Gasteiger partial charge in [0.2, 0.25) is 0 Å². The molecule has 0 amide bonds. The quantitative estimate of drug-likeness (QED) is 0.584. The van der Waals surface area contributed by atoms with E-state index in [2.05, 4.69) is 37.0 Å². The van der Waals surface area contributed by atoms with Gasteiger partial charge in [-0.15, -0.1) is 0 Å². The van der Waals surface area contributed by atoms with E-state index in [1.165, 1.54) is 10.8 Å². The fraction of sp³-hybridized carbons (Fsp3) is 0.133. The van der Waals surface area contributed by atoms with E-state index in [-0.39, 0.29) is 11.3 Å². The van der Waals surface area contributed by atoms with Crippen molar-refractivity contribution in [2.75, 3.05) is 0 Å². The van der Waals surface area contributed by atoms with Crippen LogP contribution in [0.2, 0.25) is 0 Å². The number of allylic oxidation sites excluding steroid dienone is 1. The molecule has 0 saturated heterocycles. The van der Waals surface area contributed by atoms with Crippen molar-refractivity contribution in [3.63, 3.8) is 0 Å². The summed E-state index contributed by atoms with van der Waals surface area (Å²) in [4.78, 5) is 12.4. The number of hydrogen-bond donors (Lipinski definition) is 1. The number of aromatic nitrogens is 2. The molecule has 0 aliphatic heterocycles. The Hall–Kier alpha value is -1.91. The predicted octanol–water partition coefficient (Wildman–Crippen LogP) is 3.98. The van der Waals surface area contributed by atoms with Gasteiger partial charge in [-0.2, -0.15) is 10.4 Å². The maximum atomic E-state index is 12.4. The van der Waals surface area contributed by atoms with Gasteiger partial charge in [0.05, 0.1) is 10.2 Å². The number of nitrogens with zero attached hydrogens (tertiary/aromatic N) is 3. The zero-order valence-corrected chi connectivity index (χ0v) is 14.9. The lowest BCUT2D eigenvalue weighted by Crippen LogP contribution is -2.15. The van der Waals surface area contributed by atoms with Gasteiger partial charge in [0.1, 0.15) is 17.4 Å². The van der Waals surface area contributed by atoms with E-state index in [9.17, 15) is 15.2 Å². The Balaban J connectivity index is 2.51. The van der Waals surface area contributed by atoms with Crippen molar-refractivity contribution in [2.45, 2.75) is 13.8 Å². The van der Waals surface area contributed by atoms with Gasteiger partial charge in [-0.1, -0.05) is 15.9 Å². The van der Waals surface area contributed by atoms with Crippen molar-refractivity contribution in [2.24, 2.45) is 0 Å². The number of benzene rings is 1. The normalized spacial score (nSPS) is 11.3. The summed E-state index contributed by atoms with van der Waals surface area (Å²) in [7, 11) is 0. The first-order valence-electron chi connectivity index (χ1n) is 6.21. The van der Waals surface area contributed by atoms with Crippen molar-refractivity contribution in [3.8, 4) is 11.8 Å². The van der Waals surface area contributed by atoms with Crippen molar-refractivity contribution < 1.29 is 9.90 Å². The third-order valence-electron chi connectivity index (χ3n) is 2.91. The molecule has 0 saturated carbocycles. The number of aryl methyl sites for hydroxylation is 2. The molecule has 0 spiro atoms. The van der Waals surface area contributed by atoms with Crippen LogP contribution in [-0.2, 0) is 0 Å². The summed E-state index contributed by atoms with van der Waals surface area (Å²) < 4.78 is 2.34. The fourth-order valence-electron chi connectivity index (χ4n) is 1.94. The molecule has 0 fully saturated rings. The van der Waals surface area contributed by atoms with E-state index >= 15 is 0 Å². The van der Waals surface area contributed by atoms with Crippen LogP contribution >= 0.6 is 31.9 Å². The number of rotatable bonds is 2. The Morgan fingerprint density at radius 2 is 2.05 bits per heavy atom. The summed E-state index contributed by atoms with van der Waals surface area (Å²) in [6, 6.07) is 6.90. The van der Waals surface area contributed by atoms with Gasteiger partial charge in [-0.05, 0) is 54.1 Å². The lowest BCUT2D eigenvalue weighted by molar-refractivity contribution is 0.0944. The second-order valence-electron chi connectivity index (χ2n) is 4.64. The van der Waals surface area contributed by atoms with Crippen molar-refractivity contribution in [1.29, 1.82) is 5.26 Å². The lowest BCUT2D eigenvalue weighted by atomic mass is 10.1. The number of carbonyl (C=O) groups is 1. The number of carbonyl (C=O) groups excluding carboxylic acids is 1. The molecule has 0 atom stereocenters. The van der Waals surface area contributed by atoms with Crippen LogP contribution in [0.5, 0.6) is 5.75 Å². The monoisotopic (exact) mass is 423 g/mol. The van der Waals surface area contributed by atoms with Crippen LogP contribution in [0.25, 0.3) is 6.08 Å². The Morgan fingerprint density at radius 1 is 1.36 bits per heavy atom. The van der Waals surface area contributed by atoms with Crippen LogP contribution in [-0.4, -0.2) is 20.8 Å². The Labute approximate surface area is 144 Å². The zero-order valence-electron chi connectivity index (χ0n) is 11.8. The molecule has 2 aromatic rings. The number of phenols is 1. The summed E-state index contributed by atoms with van der Waals surface area (Å²) in [5.74, 6) is -0.583. The van der Waals surface area contributed by atoms with Crippen LogP contribution in [0, 0.1) is 25.2 Å². The molecule has 0 aliphatic rings. The summed E-state index contributed by atoms with van der Waals surface area (Å²) in [5.41, 5.74) is 1.57. The molecular weight excluding hydrogens is 414 g/mol. The number of aromatic hydroxyl groups is 1. The zero-order chi connectivity index (χ0) is 16.4. The molecule has 7 heteroatoms. The molecule has 0 bridgehead atoms. The maximum absolute atomic E-state index is 12.4. The van der Waals surface area contributed by atoms with E-state index in [0.717, 1.165) is 0 Å². The second-order valence-corrected chi connectivity index (χ2v) is 6.41. The molecule has 0 aliphatic carbocycles. The first kappa shape index (κ1) is 16.5. The Bertz CT molecular complexity index is 832. The molecule has 1 N–H and O–H groups in total. The van der Waals surface area contributed by atoms with Gasteiger partial charge in [0, 0.05) is 15.7 Å². The number of halogens is 2. The molecule has 0 unspecified atom stereocenters. The summed E-state index contributed by atoms with van der Waals surface area (Å²) in [6.07, 6.45) is 1.34. The molecule has 22 heavy (non-hydrogen) atoms. The standard InChI is InChI=1S/C15H11Br2N3O2/c1-8-3-9(2)20(19-8)15(22)11(7-18)4-10-5-12(16)6-13(17)14(10)21/h3-6,21H,1-2H3/b11-4+. The Kier molecular flexibility index (Phi) is 4.84. The summed E-state index contributed by atoms with van der Waals surface area (Å²) in [5, 5.41) is 23.4. The van der Waals surface area contributed by atoms with Crippen LogP contribution < -0.4 is 0 Å². The molecular formula is C15H11Br2N3O2. The summed E-state index contributed by atoms with van der Waals surface area (Å²) >= 11 is 6.51. The van der Waals surface area contributed by atoms with Gasteiger partial charge in [-0.25, -0.2) is 4.68 Å². The minimum Gasteiger partial charge on any atom is -0.506 e. The van der Waals surface area contributed by atoms with E-state index in [4.69, 9.17) is 0 Å². The molecule has 1 aromatic carbocycles. The SMILES string of the molecule is Cc1cc(C)n(C(=O)/C(C#N)=C/c2cc(Br)cc(Br)c2O)n1. The highest BCUT2D eigenvalue weighted by atomic mass is 79.9. The van der Waals surface area contributed by atoms with E-state index in [1.807, 2.05) is 6.07 Å². The molecule has 1 heterocycles. The smallest absolute Gasteiger partial charge is 0.289 e. The van der Waals surface area contributed by atoms with Gasteiger partial charge >= 0.3 is 0 Å². The van der Waals surface area contributed by atoms with Gasteiger partial charge < -0.3 is 5.11 Å². The average Bonchev–Trinajstić information content (AvgIpc) is 2.79. The first-order valence-corrected chi connectivity index (χ1v) is 7.80. The van der Waals surface area contributed by atoms with Crippen LogP contribution in [0.4, 0.5) is 0 Å². The third kappa shape index (κ3) is 3.29. The largest absolute Gasteiger partial charge is 0.506 e.